The third-order valence-corrected chi connectivity index (χ3v) is 3.36. The second-order valence-corrected chi connectivity index (χ2v) is 5.66. The van der Waals surface area contributed by atoms with Crippen molar-refractivity contribution in [3.05, 3.63) is 48.0 Å². The Balaban J connectivity index is -0.0000000642. The molecule has 0 aliphatic carbocycles. The van der Waals surface area contributed by atoms with Gasteiger partial charge in [0.25, 0.3) is 0 Å². The molecular weight excluding hydrogens is 412 g/mol. The lowest BCUT2D eigenvalue weighted by Gasteiger charge is -2.07. The second kappa shape index (κ2) is 13.5. The van der Waals surface area contributed by atoms with Gasteiger partial charge in [0.1, 0.15) is 17.6 Å². The smallest absolute Gasteiger partial charge is 0.345 e. The van der Waals surface area contributed by atoms with Crippen molar-refractivity contribution in [2.45, 2.75) is 6.92 Å². The van der Waals surface area contributed by atoms with Gasteiger partial charge in [-0.25, -0.2) is 4.79 Å². The van der Waals surface area contributed by atoms with E-state index in [2.05, 4.69) is 83.1 Å². The Kier molecular flexibility index (Phi) is 9.58. The molecule has 0 bridgehead atoms. The van der Waals surface area contributed by atoms with Gasteiger partial charge in [0, 0.05) is 68.3 Å². The van der Waals surface area contributed by atoms with Gasteiger partial charge in [-0.2, -0.15) is 0 Å². The molecule has 0 aliphatic rings. The summed E-state index contributed by atoms with van der Waals surface area (Å²) in [6.45, 7) is 1.69. The van der Waals surface area contributed by atoms with E-state index < -0.39 is 5.97 Å². The third-order valence-electron chi connectivity index (χ3n) is 3.36. The molecule has 4 N–H and O–H groups in total. The first kappa shape index (κ1) is 23.5. The average Bonchev–Trinajstić information content (AvgIpc) is 2.80. The van der Waals surface area contributed by atoms with Crippen LogP contribution in [0, 0.1) is 83.1 Å². The molecule has 0 heterocycles. The Morgan fingerprint density at radius 3 is 1.79 bits per heavy atom. The number of rotatable bonds is 3. The van der Waals surface area contributed by atoms with Crippen LogP contribution in [0.1, 0.15) is 38.7 Å². The number of hydrogen-bond donors (Lipinski definition) is 2. The number of carbonyl (C=O) groups excluding carboxylic acids is 1. The fourth-order valence-electron chi connectivity index (χ4n) is 1.99. The molecule has 2 aromatic rings. The summed E-state index contributed by atoms with van der Waals surface area (Å²) in [4.78, 5) is 12.2. The molecule has 0 unspecified atom stereocenters. The minimum Gasteiger partial charge on any atom is -0.423 e. The maximum Gasteiger partial charge on any atom is 0.345 e. The maximum absolute atomic E-state index is 12.2. The van der Waals surface area contributed by atoms with E-state index in [9.17, 15) is 4.79 Å². The molecule has 0 aliphatic heterocycles. The summed E-state index contributed by atoms with van der Waals surface area (Å²) in [7, 11) is 0. The largest absolute Gasteiger partial charge is 0.423 e. The van der Waals surface area contributed by atoms with Gasteiger partial charge in [-0.05, 0) is 84.9 Å². The van der Waals surface area contributed by atoms with Gasteiger partial charge in [0.2, 0.25) is 0 Å². The van der Waals surface area contributed by atoms with E-state index in [1.165, 1.54) is 12.1 Å². The number of carbonyl (C=O) groups is 1. The molecule has 0 saturated heterocycles. The molecule has 184 valence electrons. The van der Waals surface area contributed by atoms with E-state index in [1.54, 1.807) is 37.3 Å². The van der Waals surface area contributed by atoms with E-state index in [-0.39, 0.29) is 32.7 Å². The molecule has 0 radical (unpaired) electrons. The molecule has 0 fully saturated rings. The van der Waals surface area contributed by atoms with Crippen molar-refractivity contribution in [3.63, 3.8) is 0 Å². The van der Waals surface area contributed by atoms with Crippen LogP contribution in [0.5, 0.6) is 11.5 Å². The molecule has 2 rings (SSSR count). The van der Waals surface area contributed by atoms with Crippen LogP contribution in [-0.2, 0) is 0 Å². The van der Waals surface area contributed by atoms with Crippen molar-refractivity contribution in [2.75, 3.05) is 11.5 Å². The van der Waals surface area contributed by atoms with Crippen LogP contribution in [0.2, 0.25) is 0 Å². The van der Waals surface area contributed by atoms with Crippen LogP contribution in [0.3, 0.4) is 0 Å². The van der Waals surface area contributed by atoms with Gasteiger partial charge in [0.15, 0.2) is 0 Å². The zero-order valence-corrected chi connectivity index (χ0v) is 17.4. The van der Waals surface area contributed by atoms with E-state index in [4.69, 9.17) is 20.9 Å². The highest BCUT2D eigenvalue weighted by Gasteiger charge is 2.12. The van der Waals surface area contributed by atoms with Crippen LogP contribution >= 0.6 is 0 Å². The Hall–Kier alpha value is -5.77. The molecular formula is C28H44N2O3. The van der Waals surface area contributed by atoms with E-state index >= 15 is 0 Å². The lowest BCUT2D eigenvalue weighted by atomic mass is 10.1. The number of anilines is 2. The van der Waals surface area contributed by atoms with Crippen LogP contribution in [-0.4, -0.2) is 5.97 Å². The summed E-state index contributed by atoms with van der Waals surface area (Å²) in [6.07, 6.45) is 2.42. The molecule has 2 aromatic carbocycles. The summed E-state index contributed by atoms with van der Waals surface area (Å²) >= 11 is 0. The van der Waals surface area contributed by atoms with Crippen molar-refractivity contribution in [1.29, 1.82) is 0 Å². The first-order chi connectivity index (χ1) is 16.1. The van der Waals surface area contributed by atoms with Crippen molar-refractivity contribution in [3.8, 4) is 94.6 Å². The molecule has 5 heteroatoms. The Morgan fingerprint density at radius 2 is 1.24 bits per heavy atom. The summed E-state index contributed by atoms with van der Waals surface area (Å²) in [6, 6.07) is 10.9. The van der Waals surface area contributed by atoms with Gasteiger partial charge >= 0.3 is 5.97 Å². The van der Waals surface area contributed by atoms with Crippen LogP contribution in [0.25, 0.3) is 0 Å². The van der Waals surface area contributed by atoms with Gasteiger partial charge < -0.3 is 20.9 Å². The summed E-state index contributed by atoms with van der Waals surface area (Å²) in [5, 5.41) is 0. The number of ether oxygens (including phenoxy) is 2. The zero-order valence-electron chi connectivity index (χ0n) is 17.4. The van der Waals surface area contributed by atoms with Crippen LogP contribution in [0.15, 0.2) is 42.5 Å². The fourth-order valence-corrected chi connectivity index (χ4v) is 1.99. The second-order valence-electron chi connectivity index (χ2n) is 5.66. The molecule has 33 heavy (non-hydrogen) atoms. The fraction of sp³-hybridized carbons (Fsp3) is 0.0357. The van der Waals surface area contributed by atoms with Crippen LogP contribution < -0.4 is 20.9 Å². The van der Waals surface area contributed by atoms with Crippen molar-refractivity contribution < 1.29 is 35.7 Å². The van der Waals surface area contributed by atoms with Gasteiger partial charge in [-0.15, -0.1) is 0 Å². The molecule has 0 atom stereocenters. The molecule has 0 amide bonds. The summed E-state index contributed by atoms with van der Waals surface area (Å²) in [5.41, 5.74) is 12.3. The third kappa shape index (κ3) is 9.06. The molecule has 0 spiro atoms. The highest BCUT2D eigenvalue weighted by Crippen LogP contribution is 2.21. The zero-order chi connectivity index (χ0) is 23.7. The monoisotopic (exact) mass is 456 g/mol. The lowest BCUT2D eigenvalue weighted by molar-refractivity contribution is 0.0736. The minimum atomic E-state index is -0.593. The van der Waals surface area contributed by atoms with Crippen molar-refractivity contribution in [1.82, 2.24) is 0 Å². The van der Waals surface area contributed by atoms with Gasteiger partial charge in [-0.3, -0.25) is 0 Å². The molecule has 0 aromatic heterocycles. The predicted octanol–water partition coefficient (Wildman–Crippen LogP) is 6.14. The maximum atomic E-state index is 12.2. The number of nitrogens with two attached hydrogens (primary N) is 2. The Bertz CT molecular complexity index is 1530. The standard InChI is InChI=1S/C28H14N2O3.15H2/c1-2-3-4-5-6-7-8-9-10-11-12-13-14-21-32-24-16-18-25(19-17-24)33-28(31)26-20-15-23(29)22-27(26)30;;;;;;;;;;;;;;;/h15-20,22H,29-30H2,1H3;15*1H. The number of hydrogen-bond acceptors (Lipinski definition) is 5. The van der Waals surface area contributed by atoms with Gasteiger partial charge in [-0.1, -0.05) is 5.92 Å². The van der Waals surface area contributed by atoms with E-state index in [0.717, 1.165) is 0 Å². The number of esters is 1. The number of nitrogen functional groups attached to an aromatic ring is 2. The normalized spacial score (nSPS) is 7.42. The topological polar surface area (TPSA) is 87.6 Å². The highest BCUT2D eigenvalue weighted by molar-refractivity contribution is 5.97. The molecule has 5 nitrogen and oxygen atoms in total. The van der Waals surface area contributed by atoms with Crippen molar-refractivity contribution >= 4 is 17.3 Å². The Morgan fingerprint density at radius 1 is 0.727 bits per heavy atom. The quantitative estimate of drug-likeness (QED) is 0.251. The summed E-state index contributed by atoms with van der Waals surface area (Å²) < 4.78 is 10.5. The number of benzene rings is 2. The van der Waals surface area contributed by atoms with Crippen LogP contribution in [0.4, 0.5) is 11.4 Å². The van der Waals surface area contributed by atoms with E-state index in [0.29, 0.717) is 17.2 Å². The van der Waals surface area contributed by atoms with E-state index in [1.807, 2.05) is 0 Å². The Labute approximate surface area is 215 Å². The van der Waals surface area contributed by atoms with Gasteiger partial charge in [0.05, 0.1) is 5.56 Å². The first-order valence-corrected chi connectivity index (χ1v) is 9.16. The lowest BCUT2D eigenvalue weighted by Crippen LogP contribution is -2.11. The van der Waals surface area contributed by atoms with Crippen molar-refractivity contribution in [2.24, 2.45) is 0 Å². The SMILES string of the molecule is CC#CC#CC#CC#CC#CC#CC#COc1ccc(OC(=O)c2ccc(N)cc2N)cc1.[HH].[HH].[HH].[HH].[HH].[HH].[HH].[HH].[HH].[HH].[HH].[HH].[HH].[HH].[HH]. The highest BCUT2D eigenvalue weighted by atomic mass is 16.5. The predicted molar refractivity (Wildman–Crippen MR) is 159 cm³/mol. The minimum absolute atomic E-state index is 0. The molecule has 0 saturated carbocycles. The first-order valence-electron chi connectivity index (χ1n) is 9.16. The summed E-state index contributed by atoms with van der Waals surface area (Å²) in [5.74, 6) is 33.0. The average molecular weight is 457 g/mol.